The van der Waals surface area contributed by atoms with Gasteiger partial charge in [-0.15, -0.1) is 0 Å². The lowest BCUT2D eigenvalue weighted by molar-refractivity contribution is 0.0750. The van der Waals surface area contributed by atoms with Crippen LogP contribution < -0.4 is 10.1 Å². The van der Waals surface area contributed by atoms with E-state index >= 15 is 0 Å². The number of nitrogens with zero attached hydrogens (tertiary/aromatic N) is 1. The van der Waals surface area contributed by atoms with Gasteiger partial charge in [-0.05, 0) is 50.3 Å². The number of halogens is 1. The van der Waals surface area contributed by atoms with Crippen LogP contribution in [0.5, 0.6) is 5.75 Å². The molecule has 2 fully saturated rings. The average Bonchev–Trinajstić information content (AvgIpc) is 3.18. The molecule has 0 aromatic heterocycles. The number of likely N-dealkylation sites (tertiary alicyclic amines) is 1. The van der Waals surface area contributed by atoms with Gasteiger partial charge >= 0.3 is 0 Å². The van der Waals surface area contributed by atoms with Gasteiger partial charge in [-0.2, -0.15) is 0 Å². The van der Waals surface area contributed by atoms with Crippen LogP contribution in [0.1, 0.15) is 68.6 Å². The lowest BCUT2D eigenvalue weighted by atomic mass is 10.0. The van der Waals surface area contributed by atoms with Gasteiger partial charge in [0.05, 0.1) is 5.56 Å². The van der Waals surface area contributed by atoms with E-state index in [1.54, 1.807) is 12.1 Å². The first-order valence-electron chi connectivity index (χ1n) is 10.2. The largest absolute Gasteiger partial charge is 0.489 e. The molecule has 4 nitrogen and oxygen atoms in total. The van der Waals surface area contributed by atoms with Gasteiger partial charge in [0.25, 0.3) is 5.91 Å². The molecular formula is C21H31ClN2O2. The van der Waals surface area contributed by atoms with Gasteiger partial charge in [-0.3, -0.25) is 4.79 Å². The van der Waals surface area contributed by atoms with E-state index in [4.69, 9.17) is 16.3 Å². The fourth-order valence-electron chi connectivity index (χ4n) is 4.06. The number of ether oxygens (including phenoxy) is 1. The highest BCUT2D eigenvalue weighted by Gasteiger charge is 2.28. The Balaban J connectivity index is 1.58. The highest BCUT2D eigenvalue weighted by atomic mass is 35.5. The molecule has 0 spiro atoms. The number of rotatable bonds is 7. The van der Waals surface area contributed by atoms with Crippen molar-refractivity contribution >= 4 is 17.5 Å². The van der Waals surface area contributed by atoms with Crippen LogP contribution in [0.3, 0.4) is 0 Å². The minimum Gasteiger partial charge on any atom is -0.489 e. The first kappa shape index (κ1) is 19.5. The Hall–Kier alpha value is -1.26. The summed E-state index contributed by atoms with van der Waals surface area (Å²) in [7, 11) is 0. The van der Waals surface area contributed by atoms with Crippen LogP contribution in [0.4, 0.5) is 0 Å². The molecule has 1 N–H and O–H groups in total. The molecule has 26 heavy (non-hydrogen) atoms. The molecule has 1 amide bonds. The summed E-state index contributed by atoms with van der Waals surface area (Å²) >= 11 is 6.11. The molecule has 1 aromatic rings. The number of benzene rings is 1. The molecule has 0 radical (unpaired) electrons. The second-order valence-corrected chi connectivity index (χ2v) is 7.98. The zero-order chi connectivity index (χ0) is 18.4. The molecule has 1 heterocycles. The molecule has 3 rings (SSSR count). The summed E-state index contributed by atoms with van der Waals surface area (Å²) in [5, 5.41) is 3.53. The van der Waals surface area contributed by atoms with Crippen molar-refractivity contribution in [3.63, 3.8) is 0 Å². The standard InChI is InChI=1S/C21H31ClN2O2/c1-2-3-12-23-21(25)19-15-16(22)8-9-20(19)26-18-10-13-24(14-11-18)17-6-4-5-7-17/h8-9,15,17-18H,2-7,10-14H2,1H3,(H,23,25). The fraction of sp³-hybridized carbons (Fsp3) is 0.667. The van der Waals surface area contributed by atoms with Crippen molar-refractivity contribution in [1.29, 1.82) is 0 Å². The fourth-order valence-corrected chi connectivity index (χ4v) is 4.24. The smallest absolute Gasteiger partial charge is 0.255 e. The molecule has 1 aromatic carbocycles. The van der Waals surface area contributed by atoms with Crippen LogP contribution in [-0.4, -0.2) is 42.6 Å². The number of carbonyl (C=O) groups excluding carboxylic acids is 1. The third-order valence-corrected chi connectivity index (χ3v) is 5.85. The van der Waals surface area contributed by atoms with E-state index in [2.05, 4.69) is 17.1 Å². The van der Waals surface area contributed by atoms with Gasteiger partial charge in [0, 0.05) is 30.7 Å². The van der Waals surface area contributed by atoms with Gasteiger partial charge < -0.3 is 15.0 Å². The number of amides is 1. The van der Waals surface area contributed by atoms with Crippen LogP contribution in [-0.2, 0) is 0 Å². The molecule has 1 aliphatic heterocycles. The number of piperidine rings is 1. The molecule has 1 saturated carbocycles. The Morgan fingerprint density at radius 3 is 2.65 bits per heavy atom. The van der Waals surface area contributed by atoms with Gasteiger partial charge in [0.1, 0.15) is 11.9 Å². The number of hydrogen-bond acceptors (Lipinski definition) is 3. The molecule has 1 saturated heterocycles. The number of unbranched alkanes of at least 4 members (excludes halogenated alkanes) is 1. The third-order valence-electron chi connectivity index (χ3n) is 5.61. The third kappa shape index (κ3) is 5.14. The zero-order valence-electron chi connectivity index (χ0n) is 15.8. The van der Waals surface area contributed by atoms with Crippen molar-refractivity contribution in [3.05, 3.63) is 28.8 Å². The van der Waals surface area contributed by atoms with Crippen molar-refractivity contribution in [2.24, 2.45) is 0 Å². The Morgan fingerprint density at radius 1 is 1.23 bits per heavy atom. The number of carbonyl (C=O) groups is 1. The minimum absolute atomic E-state index is 0.0978. The van der Waals surface area contributed by atoms with Crippen LogP contribution in [0.2, 0.25) is 5.02 Å². The van der Waals surface area contributed by atoms with E-state index in [9.17, 15) is 4.79 Å². The normalized spacial score (nSPS) is 19.6. The maximum Gasteiger partial charge on any atom is 0.255 e. The van der Waals surface area contributed by atoms with Crippen molar-refractivity contribution in [3.8, 4) is 5.75 Å². The van der Waals surface area contributed by atoms with Gasteiger partial charge in [0.15, 0.2) is 0 Å². The second kappa shape index (κ2) is 9.61. The number of hydrogen-bond donors (Lipinski definition) is 1. The van der Waals surface area contributed by atoms with E-state index in [1.165, 1.54) is 25.7 Å². The summed E-state index contributed by atoms with van der Waals surface area (Å²) in [6.45, 7) is 4.99. The molecule has 2 aliphatic rings. The Morgan fingerprint density at radius 2 is 1.96 bits per heavy atom. The maximum atomic E-state index is 12.5. The minimum atomic E-state index is -0.0978. The van der Waals surface area contributed by atoms with E-state index in [0.29, 0.717) is 22.9 Å². The highest BCUT2D eigenvalue weighted by molar-refractivity contribution is 6.31. The maximum absolute atomic E-state index is 12.5. The van der Waals surface area contributed by atoms with E-state index in [0.717, 1.165) is 44.8 Å². The summed E-state index contributed by atoms with van der Waals surface area (Å²) in [4.78, 5) is 15.1. The molecule has 0 atom stereocenters. The quantitative estimate of drug-likeness (QED) is 0.702. The molecule has 5 heteroatoms. The van der Waals surface area contributed by atoms with Crippen molar-refractivity contribution in [2.75, 3.05) is 19.6 Å². The molecule has 1 aliphatic carbocycles. The lowest BCUT2D eigenvalue weighted by Crippen LogP contribution is -2.43. The first-order valence-corrected chi connectivity index (χ1v) is 10.5. The molecule has 0 bridgehead atoms. The molecular weight excluding hydrogens is 348 g/mol. The highest BCUT2D eigenvalue weighted by Crippen LogP contribution is 2.29. The van der Waals surface area contributed by atoms with E-state index < -0.39 is 0 Å². The monoisotopic (exact) mass is 378 g/mol. The van der Waals surface area contributed by atoms with E-state index in [-0.39, 0.29) is 12.0 Å². The topological polar surface area (TPSA) is 41.6 Å². The van der Waals surface area contributed by atoms with Gasteiger partial charge in [-0.1, -0.05) is 37.8 Å². The number of nitrogens with one attached hydrogen (secondary N) is 1. The second-order valence-electron chi connectivity index (χ2n) is 7.54. The SMILES string of the molecule is CCCCNC(=O)c1cc(Cl)ccc1OC1CCN(C2CCCC2)CC1. The molecule has 144 valence electrons. The Bertz CT molecular complexity index is 594. The van der Waals surface area contributed by atoms with Crippen LogP contribution >= 0.6 is 11.6 Å². The van der Waals surface area contributed by atoms with Crippen molar-refractivity contribution in [1.82, 2.24) is 10.2 Å². The van der Waals surface area contributed by atoms with Gasteiger partial charge in [0.2, 0.25) is 0 Å². The Labute approximate surface area is 162 Å². The summed E-state index contributed by atoms with van der Waals surface area (Å²) in [6, 6.07) is 6.13. The van der Waals surface area contributed by atoms with Gasteiger partial charge in [-0.25, -0.2) is 0 Å². The van der Waals surface area contributed by atoms with Crippen LogP contribution in [0, 0.1) is 0 Å². The van der Waals surface area contributed by atoms with Crippen LogP contribution in [0.25, 0.3) is 0 Å². The summed E-state index contributed by atoms with van der Waals surface area (Å²) in [5.74, 6) is 0.557. The molecule has 0 unspecified atom stereocenters. The summed E-state index contributed by atoms with van der Waals surface area (Å²) in [6.07, 6.45) is 9.71. The summed E-state index contributed by atoms with van der Waals surface area (Å²) in [5.41, 5.74) is 0.548. The summed E-state index contributed by atoms with van der Waals surface area (Å²) < 4.78 is 6.23. The van der Waals surface area contributed by atoms with E-state index in [1.807, 2.05) is 6.07 Å². The van der Waals surface area contributed by atoms with Crippen molar-refractivity contribution in [2.45, 2.75) is 70.4 Å². The average molecular weight is 379 g/mol. The lowest BCUT2D eigenvalue weighted by Gasteiger charge is -2.36. The Kier molecular flexibility index (Phi) is 7.21. The zero-order valence-corrected chi connectivity index (χ0v) is 16.6. The first-order chi connectivity index (χ1) is 12.7. The van der Waals surface area contributed by atoms with Crippen LogP contribution in [0.15, 0.2) is 18.2 Å². The predicted octanol–water partition coefficient (Wildman–Crippen LogP) is 4.66. The van der Waals surface area contributed by atoms with Crippen molar-refractivity contribution < 1.29 is 9.53 Å². The predicted molar refractivity (Wildman–Crippen MR) is 106 cm³/mol.